The van der Waals surface area contributed by atoms with Crippen LogP contribution in [-0.4, -0.2) is 16.7 Å². The number of benzene rings is 1. The number of nitriles is 1. The molecule has 0 spiro atoms. The molecule has 24 heavy (non-hydrogen) atoms. The van der Waals surface area contributed by atoms with Gasteiger partial charge in [0.2, 0.25) is 0 Å². The van der Waals surface area contributed by atoms with Crippen LogP contribution in [0.4, 0.5) is 0 Å². The van der Waals surface area contributed by atoms with Crippen LogP contribution in [0.2, 0.25) is 0 Å². The molecule has 2 rings (SSSR count). The van der Waals surface area contributed by atoms with E-state index in [2.05, 4.69) is 6.07 Å². The maximum absolute atomic E-state index is 12.4. The third-order valence-corrected chi connectivity index (χ3v) is 4.89. The first-order valence-electron chi connectivity index (χ1n) is 8.26. The second-order valence-electron chi connectivity index (χ2n) is 6.49. The summed E-state index contributed by atoms with van der Waals surface area (Å²) >= 11 is 0. The molecule has 1 unspecified atom stereocenters. The highest BCUT2D eigenvalue weighted by Crippen LogP contribution is 2.38. The van der Waals surface area contributed by atoms with Crippen molar-refractivity contribution in [3.05, 3.63) is 45.2 Å². The molecule has 1 N–H and O–H groups in total. The third kappa shape index (κ3) is 3.12. The van der Waals surface area contributed by atoms with E-state index in [1.807, 2.05) is 26.8 Å². The van der Waals surface area contributed by atoms with Crippen molar-refractivity contribution in [2.75, 3.05) is 0 Å². The smallest absolute Gasteiger partial charge is 0.170 e. The number of aliphatic hydroxyl groups excluding tert-OH is 1. The predicted octanol–water partition coefficient (Wildman–Crippen LogP) is 3.92. The molecule has 0 amide bonds. The van der Waals surface area contributed by atoms with Crippen LogP contribution in [0.5, 0.6) is 0 Å². The Bertz CT molecular complexity index is 781. The van der Waals surface area contributed by atoms with Crippen molar-refractivity contribution in [3.63, 3.8) is 0 Å². The van der Waals surface area contributed by atoms with E-state index in [-0.39, 0.29) is 41.7 Å². The Morgan fingerprint density at radius 1 is 1.29 bits per heavy atom. The van der Waals surface area contributed by atoms with Gasteiger partial charge in [0.15, 0.2) is 11.6 Å². The van der Waals surface area contributed by atoms with Gasteiger partial charge in [-0.1, -0.05) is 13.0 Å². The quantitative estimate of drug-likeness (QED) is 0.851. The van der Waals surface area contributed by atoms with Crippen LogP contribution in [-0.2, 0) is 16.0 Å². The van der Waals surface area contributed by atoms with Gasteiger partial charge in [-0.2, -0.15) is 5.26 Å². The van der Waals surface area contributed by atoms with Gasteiger partial charge in [0, 0.05) is 19.3 Å². The van der Waals surface area contributed by atoms with Gasteiger partial charge in [0.05, 0.1) is 18.1 Å². The fourth-order valence-corrected chi connectivity index (χ4v) is 3.81. The molecule has 1 aliphatic rings. The SMILES string of the molecule is CCC(=O)C1=C(O)CC(c2c(C)cc(C)c(CC#N)c2C)CC1=O. The fraction of sp³-hybridized carbons (Fsp3) is 0.450. The summed E-state index contributed by atoms with van der Waals surface area (Å²) in [5, 5.41) is 19.3. The standard InChI is InChI=1S/C20H23NO3/c1-5-16(22)20-17(23)9-14(10-18(20)24)19-12(3)8-11(2)15(6-7-21)13(19)4/h8,14,23H,5-6,9-10H2,1-4H3. The van der Waals surface area contributed by atoms with Crippen LogP contribution in [0.3, 0.4) is 0 Å². The molecule has 0 heterocycles. The summed E-state index contributed by atoms with van der Waals surface area (Å²) in [6, 6.07) is 4.23. The summed E-state index contributed by atoms with van der Waals surface area (Å²) in [6.45, 7) is 7.63. The molecule has 0 saturated heterocycles. The number of carbonyl (C=O) groups is 2. The lowest BCUT2D eigenvalue weighted by Crippen LogP contribution is -2.24. The number of allylic oxidation sites excluding steroid dienone is 2. The fourth-order valence-electron chi connectivity index (χ4n) is 3.81. The van der Waals surface area contributed by atoms with E-state index in [1.54, 1.807) is 6.92 Å². The number of hydrogen-bond acceptors (Lipinski definition) is 4. The Hall–Kier alpha value is -2.41. The lowest BCUT2D eigenvalue weighted by Gasteiger charge is -2.27. The van der Waals surface area contributed by atoms with Gasteiger partial charge in [-0.3, -0.25) is 9.59 Å². The van der Waals surface area contributed by atoms with Crippen LogP contribution < -0.4 is 0 Å². The summed E-state index contributed by atoms with van der Waals surface area (Å²) in [7, 11) is 0. The second-order valence-corrected chi connectivity index (χ2v) is 6.49. The van der Waals surface area contributed by atoms with Crippen molar-refractivity contribution in [3.8, 4) is 6.07 Å². The van der Waals surface area contributed by atoms with Crippen molar-refractivity contribution < 1.29 is 14.7 Å². The zero-order valence-corrected chi connectivity index (χ0v) is 14.7. The maximum Gasteiger partial charge on any atom is 0.170 e. The molecular formula is C20H23NO3. The minimum absolute atomic E-state index is 0.0200. The van der Waals surface area contributed by atoms with Gasteiger partial charge >= 0.3 is 0 Å². The Balaban J connectivity index is 2.50. The monoisotopic (exact) mass is 325 g/mol. The molecule has 126 valence electrons. The number of hydrogen-bond donors (Lipinski definition) is 1. The first-order chi connectivity index (χ1) is 11.3. The minimum Gasteiger partial charge on any atom is -0.511 e. The van der Waals surface area contributed by atoms with Gasteiger partial charge in [-0.15, -0.1) is 0 Å². The number of Topliss-reactive ketones (excluding diaryl/α,β-unsaturated/α-hetero) is 2. The molecule has 0 aromatic heterocycles. The van der Waals surface area contributed by atoms with E-state index in [4.69, 9.17) is 5.26 Å². The van der Waals surface area contributed by atoms with Gasteiger partial charge < -0.3 is 5.11 Å². The van der Waals surface area contributed by atoms with E-state index in [1.165, 1.54) is 0 Å². The molecule has 4 heteroatoms. The van der Waals surface area contributed by atoms with E-state index in [0.29, 0.717) is 12.8 Å². The van der Waals surface area contributed by atoms with E-state index >= 15 is 0 Å². The van der Waals surface area contributed by atoms with Gasteiger partial charge in [-0.25, -0.2) is 0 Å². The highest BCUT2D eigenvalue weighted by atomic mass is 16.3. The van der Waals surface area contributed by atoms with Crippen molar-refractivity contribution >= 4 is 11.6 Å². The van der Waals surface area contributed by atoms with Crippen LogP contribution in [0.15, 0.2) is 17.4 Å². The molecule has 0 fully saturated rings. The number of aryl methyl sites for hydroxylation is 2. The largest absolute Gasteiger partial charge is 0.511 e. The van der Waals surface area contributed by atoms with E-state index in [9.17, 15) is 14.7 Å². The van der Waals surface area contributed by atoms with Crippen molar-refractivity contribution in [2.45, 2.75) is 59.3 Å². The summed E-state index contributed by atoms with van der Waals surface area (Å²) in [6.07, 6.45) is 1.06. The van der Waals surface area contributed by atoms with Crippen molar-refractivity contribution in [1.29, 1.82) is 5.26 Å². The first kappa shape index (κ1) is 17.9. The maximum atomic E-state index is 12.4. The molecule has 1 atom stereocenters. The van der Waals surface area contributed by atoms with E-state index in [0.717, 1.165) is 27.8 Å². The van der Waals surface area contributed by atoms with Crippen LogP contribution >= 0.6 is 0 Å². The molecule has 0 aliphatic heterocycles. The average Bonchev–Trinajstić information content (AvgIpc) is 2.50. The highest BCUT2D eigenvalue weighted by molar-refractivity contribution is 6.21. The predicted molar refractivity (Wildman–Crippen MR) is 91.9 cm³/mol. The highest BCUT2D eigenvalue weighted by Gasteiger charge is 2.33. The van der Waals surface area contributed by atoms with Gasteiger partial charge in [-0.05, 0) is 54.5 Å². The first-order valence-corrected chi connectivity index (χ1v) is 8.26. The van der Waals surface area contributed by atoms with Crippen LogP contribution in [0.25, 0.3) is 0 Å². The Morgan fingerprint density at radius 2 is 1.96 bits per heavy atom. The molecule has 4 nitrogen and oxygen atoms in total. The topological polar surface area (TPSA) is 78.2 Å². The number of carbonyl (C=O) groups excluding carboxylic acids is 2. The summed E-state index contributed by atoms with van der Waals surface area (Å²) < 4.78 is 0. The lowest BCUT2D eigenvalue weighted by atomic mass is 9.76. The van der Waals surface area contributed by atoms with Crippen molar-refractivity contribution in [2.24, 2.45) is 0 Å². The normalized spacial score (nSPS) is 17.8. The van der Waals surface area contributed by atoms with Crippen molar-refractivity contribution in [1.82, 2.24) is 0 Å². The van der Waals surface area contributed by atoms with Crippen LogP contribution in [0, 0.1) is 32.1 Å². The molecule has 1 aromatic rings. The molecule has 0 bridgehead atoms. The zero-order valence-electron chi connectivity index (χ0n) is 14.7. The number of rotatable bonds is 4. The molecule has 1 aliphatic carbocycles. The number of nitrogens with zero attached hydrogens (tertiary/aromatic N) is 1. The summed E-state index contributed by atoms with van der Waals surface area (Å²) in [5.41, 5.74) is 5.14. The summed E-state index contributed by atoms with van der Waals surface area (Å²) in [5.74, 6) is -0.816. The van der Waals surface area contributed by atoms with E-state index < -0.39 is 0 Å². The molecule has 0 radical (unpaired) electrons. The number of ketones is 2. The molecule has 0 saturated carbocycles. The van der Waals surface area contributed by atoms with Crippen LogP contribution in [0.1, 0.15) is 59.9 Å². The summed E-state index contributed by atoms with van der Waals surface area (Å²) in [4.78, 5) is 24.3. The van der Waals surface area contributed by atoms with Gasteiger partial charge in [0.25, 0.3) is 0 Å². The molecule has 1 aromatic carbocycles. The second kappa shape index (κ2) is 7.00. The minimum atomic E-state index is -0.293. The Labute approximate surface area is 142 Å². The zero-order chi connectivity index (χ0) is 18.0. The third-order valence-electron chi connectivity index (χ3n) is 4.89. The number of aliphatic hydroxyl groups is 1. The Morgan fingerprint density at radius 3 is 2.50 bits per heavy atom. The average molecular weight is 325 g/mol. The molecular weight excluding hydrogens is 302 g/mol. The lowest BCUT2D eigenvalue weighted by molar-refractivity contribution is -0.122. The Kier molecular flexibility index (Phi) is 5.23. The van der Waals surface area contributed by atoms with Gasteiger partial charge in [0.1, 0.15) is 5.76 Å².